The zero-order chi connectivity index (χ0) is 16.3. The molecule has 1 aromatic rings. The fourth-order valence-electron chi connectivity index (χ4n) is 2.14. The van der Waals surface area contributed by atoms with Crippen LogP contribution in [-0.4, -0.2) is 54.0 Å². The molecule has 0 aromatic carbocycles. The number of carbonyl (C=O) groups is 2. The fraction of sp³-hybridized carbons (Fsp3) is 0.533. The summed E-state index contributed by atoms with van der Waals surface area (Å²) in [7, 11) is 0. The number of piperazine rings is 1. The highest BCUT2D eigenvalue weighted by Crippen LogP contribution is 2.18. The number of pyridine rings is 1. The summed E-state index contributed by atoms with van der Waals surface area (Å²) in [5.41, 5.74) is -0.583. The lowest BCUT2D eigenvalue weighted by molar-refractivity contribution is 0.0240. The lowest BCUT2D eigenvalue weighted by Gasteiger charge is -2.36. The summed E-state index contributed by atoms with van der Waals surface area (Å²) in [4.78, 5) is 30.1. The highest BCUT2D eigenvalue weighted by atomic mass is 19.1. The summed E-state index contributed by atoms with van der Waals surface area (Å²) < 4.78 is 18.9. The molecule has 0 bridgehead atoms. The van der Waals surface area contributed by atoms with Gasteiger partial charge in [-0.15, -0.1) is 0 Å². The van der Waals surface area contributed by atoms with Crippen molar-refractivity contribution in [3.05, 3.63) is 23.6 Å². The number of ether oxygens (including phenoxy) is 1. The van der Waals surface area contributed by atoms with Gasteiger partial charge in [0.25, 0.3) is 0 Å². The Morgan fingerprint density at radius 1 is 1.32 bits per heavy atom. The number of nitrogens with zero attached hydrogens (tertiary/aromatic N) is 3. The van der Waals surface area contributed by atoms with Crippen LogP contribution in [0, 0.1) is 5.82 Å². The molecule has 120 valence electrons. The average Bonchev–Trinajstić information content (AvgIpc) is 2.45. The molecule has 2 rings (SSSR count). The summed E-state index contributed by atoms with van der Waals surface area (Å²) in [6, 6.07) is 1.24. The normalized spacial score (nSPS) is 15.6. The summed E-state index contributed by atoms with van der Waals surface area (Å²) >= 11 is 0. The first-order valence-corrected chi connectivity index (χ1v) is 7.14. The minimum Gasteiger partial charge on any atom is -0.444 e. The number of amides is 1. The molecule has 7 heteroatoms. The number of aldehydes is 1. The molecule has 6 nitrogen and oxygen atoms in total. The van der Waals surface area contributed by atoms with Crippen LogP contribution in [0.4, 0.5) is 15.0 Å². The van der Waals surface area contributed by atoms with E-state index in [1.807, 2.05) is 25.7 Å². The molecule has 0 spiro atoms. The molecule has 22 heavy (non-hydrogen) atoms. The third kappa shape index (κ3) is 3.93. The van der Waals surface area contributed by atoms with Crippen molar-refractivity contribution < 1.29 is 18.7 Å². The molecule has 0 saturated carbocycles. The van der Waals surface area contributed by atoms with E-state index in [-0.39, 0.29) is 11.7 Å². The Hall–Kier alpha value is -2.18. The van der Waals surface area contributed by atoms with E-state index in [0.29, 0.717) is 38.3 Å². The molecule has 0 N–H and O–H groups in total. The van der Waals surface area contributed by atoms with E-state index in [4.69, 9.17) is 4.74 Å². The lowest BCUT2D eigenvalue weighted by atomic mass is 10.2. The van der Waals surface area contributed by atoms with Gasteiger partial charge in [-0.05, 0) is 20.8 Å². The fourth-order valence-corrected chi connectivity index (χ4v) is 2.14. The average molecular weight is 309 g/mol. The van der Waals surface area contributed by atoms with E-state index in [1.54, 1.807) is 4.90 Å². The van der Waals surface area contributed by atoms with Gasteiger partial charge in [-0.25, -0.2) is 14.2 Å². The molecule has 0 radical (unpaired) electrons. The maximum absolute atomic E-state index is 13.6. The van der Waals surface area contributed by atoms with Gasteiger partial charge in [0.1, 0.15) is 17.2 Å². The van der Waals surface area contributed by atoms with E-state index in [2.05, 4.69) is 4.98 Å². The number of halogens is 1. The van der Waals surface area contributed by atoms with Crippen molar-refractivity contribution in [2.24, 2.45) is 0 Å². The molecule has 1 aliphatic rings. The topological polar surface area (TPSA) is 62.7 Å². The summed E-state index contributed by atoms with van der Waals surface area (Å²) in [5, 5.41) is 0. The van der Waals surface area contributed by atoms with Crippen molar-refractivity contribution in [3.63, 3.8) is 0 Å². The number of carbonyl (C=O) groups excluding carboxylic acids is 2. The van der Waals surface area contributed by atoms with Crippen molar-refractivity contribution in [2.75, 3.05) is 31.1 Å². The maximum atomic E-state index is 13.6. The first kappa shape index (κ1) is 16.2. The van der Waals surface area contributed by atoms with Gasteiger partial charge < -0.3 is 14.5 Å². The van der Waals surface area contributed by atoms with Gasteiger partial charge in [0.05, 0.1) is 5.56 Å². The van der Waals surface area contributed by atoms with Gasteiger partial charge in [0.15, 0.2) is 6.29 Å². The zero-order valence-electron chi connectivity index (χ0n) is 13.0. The highest BCUT2D eigenvalue weighted by molar-refractivity contribution is 5.75. The molecular weight excluding hydrogens is 289 g/mol. The second kappa shape index (κ2) is 6.29. The van der Waals surface area contributed by atoms with Gasteiger partial charge >= 0.3 is 6.09 Å². The highest BCUT2D eigenvalue weighted by Gasteiger charge is 2.26. The van der Waals surface area contributed by atoms with Gasteiger partial charge in [0.2, 0.25) is 0 Å². The molecule has 1 aliphatic heterocycles. The van der Waals surface area contributed by atoms with Crippen molar-refractivity contribution in [1.29, 1.82) is 0 Å². The smallest absolute Gasteiger partial charge is 0.410 e. The van der Waals surface area contributed by atoms with Crippen LogP contribution < -0.4 is 4.90 Å². The van der Waals surface area contributed by atoms with E-state index < -0.39 is 11.4 Å². The summed E-state index contributed by atoms with van der Waals surface area (Å²) in [6.07, 6.45) is 1.31. The Balaban J connectivity index is 1.96. The Labute approximate surface area is 128 Å². The molecular formula is C15H20FN3O3. The van der Waals surface area contributed by atoms with Gasteiger partial charge in [-0.3, -0.25) is 4.79 Å². The number of hydrogen-bond donors (Lipinski definition) is 0. The van der Waals surface area contributed by atoms with Gasteiger partial charge in [0, 0.05) is 38.4 Å². The van der Waals surface area contributed by atoms with E-state index in [9.17, 15) is 14.0 Å². The van der Waals surface area contributed by atoms with Crippen LogP contribution in [0.2, 0.25) is 0 Å². The van der Waals surface area contributed by atoms with Crippen LogP contribution in [0.1, 0.15) is 31.1 Å². The Bertz CT molecular complexity index is 564. The van der Waals surface area contributed by atoms with Crippen LogP contribution in [0.25, 0.3) is 0 Å². The van der Waals surface area contributed by atoms with Crippen molar-refractivity contribution >= 4 is 18.2 Å². The monoisotopic (exact) mass is 309 g/mol. The maximum Gasteiger partial charge on any atom is 0.410 e. The molecule has 1 saturated heterocycles. The molecule has 1 fully saturated rings. The Morgan fingerprint density at radius 3 is 2.45 bits per heavy atom. The van der Waals surface area contributed by atoms with E-state index in [1.165, 1.54) is 12.3 Å². The number of anilines is 1. The van der Waals surface area contributed by atoms with Crippen LogP contribution in [0.3, 0.4) is 0 Å². The quantitative estimate of drug-likeness (QED) is 0.783. The number of rotatable bonds is 2. The summed E-state index contributed by atoms with van der Waals surface area (Å²) in [6.45, 7) is 7.49. The van der Waals surface area contributed by atoms with Crippen LogP contribution in [0.5, 0.6) is 0 Å². The Kier molecular flexibility index (Phi) is 4.63. The molecule has 0 unspecified atom stereocenters. The second-order valence-electron chi connectivity index (χ2n) is 6.14. The molecule has 0 atom stereocenters. The predicted octanol–water partition coefficient (Wildman–Crippen LogP) is 2.09. The second-order valence-corrected chi connectivity index (χ2v) is 6.14. The molecule has 2 heterocycles. The van der Waals surface area contributed by atoms with Crippen molar-refractivity contribution in [2.45, 2.75) is 26.4 Å². The number of aromatic nitrogens is 1. The predicted molar refractivity (Wildman–Crippen MR) is 79.6 cm³/mol. The van der Waals surface area contributed by atoms with Crippen molar-refractivity contribution in [1.82, 2.24) is 9.88 Å². The number of hydrogen-bond acceptors (Lipinski definition) is 5. The zero-order valence-corrected chi connectivity index (χ0v) is 13.0. The minimum atomic E-state index is -0.588. The standard InChI is InChI=1S/C15H20FN3O3/c1-15(2,3)22-14(21)19-6-4-18(5-7-19)13-8-12(16)11(10-20)9-17-13/h8-10H,4-7H2,1-3H3. The van der Waals surface area contributed by atoms with Gasteiger partial charge in [-0.1, -0.05) is 0 Å². The van der Waals surface area contributed by atoms with Gasteiger partial charge in [-0.2, -0.15) is 0 Å². The molecule has 1 amide bonds. The molecule has 0 aliphatic carbocycles. The molecule has 1 aromatic heterocycles. The largest absolute Gasteiger partial charge is 0.444 e. The van der Waals surface area contributed by atoms with Crippen LogP contribution >= 0.6 is 0 Å². The van der Waals surface area contributed by atoms with E-state index >= 15 is 0 Å². The summed E-state index contributed by atoms with van der Waals surface area (Å²) in [5.74, 6) is -0.124. The van der Waals surface area contributed by atoms with Crippen LogP contribution in [-0.2, 0) is 4.74 Å². The van der Waals surface area contributed by atoms with E-state index in [0.717, 1.165) is 0 Å². The van der Waals surface area contributed by atoms with Crippen molar-refractivity contribution in [3.8, 4) is 0 Å². The third-order valence-corrected chi connectivity index (χ3v) is 3.25. The Morgan fingerprint density at radius 2 is 1.95 bits per heavy atom. The lowest BCUT2D eigenvalue weighted by Crippen LogP contribution is -2.50. The first-order valence-electron chi connectivity index (χ1n) is 7.14. The minimum absolute atomic E-state index is 0.0591. The third-order valence-electron chi connectivity index (χ3n) is 3.25. The van der Waals surface area contributed by atoms with Crippen LogP contribution in [0.15, 0.2) is 12.3 Å². The SMILES string of the molecule is CC(C)(C)OC(=O)N1CCN(c2cc(F)c(C=O)cn2)CC1. The first-order chi connectivity index (χ1) is 10.3.